The van der Waals surface area contributed by atoms with E-state index in [4.69, 9.17) is 14.7 Å². The predicted molar refractivity (Wildman–Crippen MR) is 53.7 cm³/mol. The third-order valence-corrected chi connectivity index (χ3v) is 1.67. The van der Waals surface area contributed by atoms with Gasteiger partial charge in [-0.3, -0.25) is 4.79 Å². The van der Waals surface area contributed by atoms with E-state index >= 15 is 0 Å². The van der Waals surface area contributed by atoms with Gasteiger partial charge < -0.3 is 14.7 Å². The zero-order valence-corrected chi connectivity index (χ0v) is 8.43. The number of hydrogen-bond donors (Lipinski definition) is 1. The number of oxime groups is 1. The van der Waals surface area contributed by atoms with Gasteiger partial charge in [0.25, 0.3) is 0 Å². The number of nitrogens with zero attached hydrogens (tertiary/aromatic N) is 1. The maximum absolute atomic E-state index is 10.9. The monoisotopic (exact) mass is 209 g/mol. The van der Waals surface area contributed by atoms with Crippen molar-refractivity contribution in [1.82, 2.24) is 0 Å². The molecule has 0 aliphatic heterocycles. The van der Waals surface area contributed by atoms with Crippen LogP contribution in [0.3, 0.4) is 0 Å². The number of para-hydroxylation sites is 1. The van der Waals surface area contributed by atoms with Gasteiger partial charge in [0, 0.05) is 12.5 Å². The van der Waals surface area contributed by atoms with Crippen LogP contribution in [0.4, 0.5) is 0 Å². The van der Waals surface area contributed by atoms with Crippen LogP contribution in [0.25, 0.3) is 0 Å². The highest BCUT2D eigenvalue weighted by molar-refractivity contribution is 5.86. The zero-order valence-electron chi connectivity index (χ0n) is 8.43. The molecule has 0 spiro atoms. The standard InChI is InChI=1S/C10H11NO4/c1-7(12)15-10-8(6-11-13)4-3-5-9(10)14-2/h3-6,13H,1-2H3/b11-6+. The van der Waals surface area contributed by atoms with Crippen molar-refractivity contribution < 1.29 is 19.5 Å². The van der Waals surface area contributed by atoms with Gasteiger partial charge in [0.05, 0.1) is 13.3 Å². The lowest BCUT2D eigenvalue weighted by molar-refractivity contribution is -0.132. The van der Waals surface area contributed by atoms with Crippen LogP contribution in [-0.2, 0) is 4.79 Å². The van der Waals surface area contributed by atoms with Crippen molar-refractivity contribution in [2.45, 2.75) is 6.92 Å². The molecule has 0 atom stereocenters. The van der Waals surface area contributed by atoms with Crippen LogP contribution in [-0.4, -0.2) is 24.5 Å². The number of carbonyl (C=O) groups is 1. The molecule has 1 N–H and O–H groups in total. The van der Waals surface area contributed by atoms with Crippen molar-refractivity contribution in [1.29, 1.82) is 0 Å². The number of benzene rings is 1. The van der Waals surface area contributed by atoms with Crippen LogP contribution in [0.2, 0.25) is 0 Å². The molecule has 5 heteroatoms. The third kappa shape index (κ3) is 2.70. The number of carbonyl (C=O) groups excluding carboxylic acids is 1. The molecule has 1 aromatic carbocycles. The Labute approximate surface area is 86.9 Å². The molecule has 5 nitrogen and oxygen atoms in total. The maximum Gasteiger partial charge on any atom is 0.308 e. The Kier molecular flexibility index (Phi) is 3.68. The summed E-state index contributed by atoms with van der Waals surface area (Å²) < 4.78 is 9.97. The molecule has 0 bridgehead atoms. The molecule has 0 aliphatic rings. The third-order valence-electron chi connectivity index (χ3n) is 1.67. The van der Waals surface area contributed by atoms with Crippen molar-refractivity contribution in [3.8, 4) is 11.5 Å². The van der Waals surface area contributed by atoms with Crippen LogP contribution in [0, 0.1) is 0 Å². The Balaban J connectivity index is 3.19. The number of hydrogen-bond acceptors (Lipinski definition) is 5. The van der Waals surface area contributed by atoms with Gasteiger partial charge in [-0.2, -0.15) is 0 Å². The maximum atomic E-state index is 10.9. The number of esters is 1. The van der Waals surface area contributed by atoms with Gasteiger partial charge in [-0.15, -0.1) is 0 Å². The summed E-state index contributed by atoms with van der Waals surface area (Å²) in [6.07, 6.45) is 1.17. The molecule has 1 rings (SSSR count). The zero-order chi connectivity index (χ0) is 11.3. The first kappa shape index (κ1) is 11.0. The minimum atomic E-state index is -0.466. The molecule has 15 heavy (non-hydrogen) atoms. The molecule has 0 amide bonds. The Morgan fingerprint density at radius 2 is 2.27 bits per heavy atom. The number of ether oxygens (including phenoxy) is 2. The second-order valence-electron chi connectivity index (χ2n) is 2.72. The highest BCUT2D eigenvalue weighted by atomic mass is 16.6. The average Bonchev–Trinajstić information content (AvgIpc) is 2.20. The quantitative estimate of drug-likeness (QED) is 0.269. The van der Waals surface area contributed by atoms with Crippen molar-refractivity contribution in [2.75, 3.05) is 7.11 Å². The largest absolute Gasteiger partial charge is 0.493 e. The SMILES string of the molecule is COc1cccc(/C=N/O)c1OC(C)=O. The fraction of sp³-hybridized carbons (Fsp3) is 0.200. The van der Waals surface area contributed by atoms with Gasteiger partial charge in [-0.25, -0.2) is 0 Å². The van der Waals surface area contributed by atoms with Crippen LogP contribution in [0.15, 0.2) is 23.4 Å². The Morgan fingerprint density at radius 3 is 2.80 bits per heavy atom. The van der Waals surface area contributed by atoms with Gasteiger partial charge in [-0.1, -0.05) is 11.2 Å². The molecule has 80 valence electrons. The fourth-order valence-electron chi connectivity index (χ4n) is 1.11. The number of methoxy groups -OCH3 is 1. The van der Waals surface area contributed by atoms with Gasteiger partial charge in [0.2, 0.25) is 0 Å². The van der Waals surface area contributed by atoms with Crippen LogP contribution in [0.5, 0.6) is 11.5 Å². The molecular weight excluding hydrogens is 198 g/mol. The van der Waals surface area contributed by atoms with Gasteiger partial charge in [0.1, 0.15) is 0 Å². The van der Waals surface area contributed by atoms with Crippen molar-refractivity contribution in [3.63, 3.8) is 0 Å². The Bertz CT molecular complexity index is 387. The molecule has 0 saturated heterocycles. The van der Waals surface area contributed by atoms with Gasteiger partial charge in [0.15, 0.2) is 11.5 Å². The summed E-state index contributed by atoms with van der Waals surface area (Å²) in [5.41, 5.74) is 0.465. The van der Waals surface area contributed by atoms with E-state index in [1.165, 1.54) is 20.2 Å². The minimum Gasteiger partial charge on any atom is -0.493 e. The Hall–Kier alpha value is -2.04. The van der Waals surface area contributed by atoms with Crippen LogP contribution in [0.1, 0.15) is 12.5 Å². The van der Waals surface area contributed by atoms with E-state index in [0.717, 1.165) is 0 Å². The van der Waals surface area contributed by atoms with E-state index in [-0.39, 0.29) is 5.75 Å². The lowest BCUT2D eigenvalue weighted by Crippen LogP contribution is -2.05. The average molecular weight is 209 g/mol. The number of rotatable bonds is 3. The first-order valence-electron chi connectivity index (χ1n) is 4.22. The van der Waals surface area contributed by atoms with Gasteiger partial charge in [-0.05, 0) is 12.1 Å². The van der Waals surface area contributed by atoms with Crippen molar-refractivity contribution in [2.24, 2.45) is 5.16 Å². The highest BCUT2D eigenvalue weighted by Gasteiger charge is 2.11. The summed E-state index contributed by atoms with van der Waals surface area (Å²) in [5, 5.41) is 11.3. The second-order valence-corrected chi connectivity index (χ2v) is 2.72. The topological polar surface area (TPSA) is 68.1 Å². The molecule has 1 aromatic rings. The molecule has 0 aromatic heterocycles. The summed E-state index contributed by atoms with van der Waals surface area (Å²) in [6, 6.07) is 4.98. The molecular formula is C10H11NO4. The second kappa shape index (κ2) is 4.99. The summed E-state index contributed by atoms with van der Waals surface area (Å²) in [4.78, 5) is 10.9. The van der Waals surface area contributed by atoms with E-state index in [0.29, 0.717) is 11.3 Å². The summed E-state index contributed by atoms with van der Waals surface area (Å²) in [5.74, 6) is 0.181. The normalized spacial score (nSPS) is 10.3. The lowest BCUT2D eigenvalue weighted by Gasteiger charge is -2.09. The van der Waals surface area contributed by atoms with Crippen molar-refractivity contribution >= 4 is 12.2 Å². The Morgan fingerprint density at radius 1 is 1.53 bits per heavy atom. The van der Waals surface area contributed by atoms with Crippen LogP contribution >= 0.6 is 0 Å². The van der Waals surface area contributed by atoms with E-state index in [9.17, 15) is 4.79 Å². The molecule has 0 unspecified atom stereocenters. The first-order valence-corrected chi connectivity index (χ1v) is 4.22. The van der Waals surface area contributed by atoms with E-state index in [2.05, 4.69) is 5.16 Å². The predicted octanol–water partition coefficient (Wildman–Crippen LogP) is 1.43. The van der Waals surface area contributed by atoms with Gasteiger partial charge >= 0.3 is 5.97 Å². The van der Waals surface area contributed by atoms with E-state index in [1.807, 2.05) is 0 Å². The molecule has 0 heterocycles. The smallest absolute Gasteiger partial charge is 0.308 e. The van der Waals surface area contributed by atoms with E-state index < -0.39 is 5.97 Å². The molecule has 0 radical (unpaired) electrons. The summed E-state index contributed by atoms with van der Waals surface area (Å²) >= 11 is 0. The minimum absolute atomic E-state index is 0.241. The molecule has 0 aliphatic carbocycles. The summed E-state index contributed by atoms with van der Waals surface area (Å²) in [7, 11) is 1.46. The summed E-state index contributed by atoms with van der Waals surface area (Å²) in [6.45, 7) is 1.28. The molecule has 0 fully saturated rings. The van der Waals surface area contributed by atoms with Crippen molar-refractivity contribution in [3.05, 3.63) is 23.8 Å². The van der Waals surface area contributed by atoms with Crippen LogP contribution < -0.4 is 9.47 Å². The first-order chi connectivity index (χ1) is 7.19. The fourth-order valence-corrected chi connectivity index (χ4v) is 1.11. The lowest BCUT2D eigenvalue weighted by atomic mass is 10.2. The van der Waals surface area contributed by atoms with E-state index in [1.54, 1.807) is 18.2 Å². The highest BCUT2D eigenvalue weighted by Crippen LogP contribution is 2.30. The molecule has 0 saturated carbocycles.